The number of rotatable bonds is 8. The second-order valence-electron chi connectivity index (χ2n) is 4.54. The van der Waals surface area contributed by atoms with Crippen LogP contribution in [0.1, 0.15) is 32.1 Å². The number of unbranched alkanes of at least 4 members (excludes halogenated alkanes) is 3. The van der Waals surface area contributed by atoms with E-state index >= 15 is 0 Å². The van der Waals surface area contributed by atoms with Crippen LogP contribution in [0.3, 0.4) is 0 Å². The zero-order chi connectivity index (χ0) is 10.9. The summed E-state index contributed by atoms with van der Waals surface area (Å²) in [6.07, 6.45) is 8.86. The van der Waals surface area contributed by atoms with Gasteiger partial charge in [-0.25, -0.2) is 0 Å². The summed E-state index contributed by atoms with van der Waals surface area (Å²) in [5, 5.41) is 9.02. The monoisotopic (exact) mass is 231 g/mol. The summed E-state index contributed by atoms with van der Waals surface area (Å²) in [6.45, 7) is 3.96. The molecular formula is C12H25NOS. The summed E-state index contributed by atoms with van der Waals surface area (Å²) in [5.41, 5.74) is 0. The Morgan fingerprint density at radius 2 is 2.07 bits per heavy atom. The molecule has 0 amide bonds. The minimum absolute atomic E-state index is 0.379. The molecular weight excluding hydrogens is 206 g/mol. The Labute approximate surface area is 98.4 Å². The van der Waals surface area contributed by atoms with E-state index in [-0.39, 0.29) is 0 Å². The maximum Gasteiger partial charge on any atom is 0.0471 e. The predicted octanol–water partition coefficient (Wildman–Crippen LogP) is 2.22. The van der Waals surface area contributed by atoms with Crippen LogP contribution >= 0.6 is 11.8 Å². The van der Waals surface area contributed by atoms with Gasteiger partial charge >= 0.3 is 0 Å². The third-order valence-electron chi connectivity index (χ3n) is 3.20. The van der Waals surface area contributed by atoms with Gasteiger partial charge in [-0.05, 0) is 50.3 Å². The highest BCUT2D eigenvalue weighted by atomic mass is 32.2. The van der Waals surface area contributed by atoms with Crippen LogP contribution < -0.4 is 0 Å². The molecule has 1 saturated heterocycles. The molecule has 1 fully saturated rings. The first kappa shape index (κ1) is 13.3. The Balaban J connectivity index is 1.88. The van der Waals surface area contributed by atoms with E-state index in [9.17, 15) is 0 Å². The Bertz CT molecular complexity index is 155. The van der Waals surface area contributed by atoms with Gasteiger partial charge in [-0.1, -0.05) is 12.8 Å². The van der Waals surface area contributed by atoms with E-state index in [1.165, 1.54) is 50.9 Å². The van der Waals surface area contributed by atoms with E-state index in [1.807, 2.05) is 11.8 Å². The standard InChI is InChI=1S/C12H25NOS/c1-15-9-5-3-2-4-7-13-8-6-12(10-13)11-14/h12,14H,2-11H2,1H3. The Kier molecular flexibility index (Phi) is 7.49. The van der Waals surface area contributed by atoms with E-state index < -0.39 is 0 Å². The quantitative estimate of drug-likeness (QED) is 0.648. The van der Waals surface area contributed by atoms with Crippen molar-refractivity contribution in [3.63, 3.8) is 0 Å². The fourth-order valence-corrected chi connectivity index (χ4v) is 2.69. The molecule has 2 nitrogen and oxygen atoms in total. The molecule has 0 spiro atoms. The number of nitrogens with zero attached hydrogens (tertiary/aromatic N) is 1. The Morgan fingerprint density at radius 1 is 1.27 bits per heavy atom. The molecule has 90 valence electrons. The summed E-state index contributed by atoms with van der Waals surface area (Å²) in [4.78, 5) is 2.51. The topological polar surface area (TPSA) is 23.5 Å². The van der Waals surface area contributed by atoms with Crippen LogP contribution in [-0.2, 0) is 0 Å². The highest BCUT2D eigenvalue weighted by molar-refractivity contribution is 7.98. The maximum absolute atomic E-state index is 9.02. The molecule has 3 heteroatoms. The Hall–Kier alpha value is 0.270. The molecule has 1 N–H and O–H groups in total. The summed E-state index contributed by atoms with van der Waals surface area (Å²) in [5.74, 6) is 1.87. The minimum Gasteiger partial charge on any atom is -0.396 e. The van der Waals surface area contributed by atoms with Crippen molar-refractivity contribution in [1.82, 2.24) is 4.90 Å². The second-order valence-corrected chi connectivity index (χ2v) is 5.53. The first-order valence-corrected chi connectivity index (χ1v) is 7.58. The summed E-state index contributed by atoms with van der Waals surface area (Å²) < 4.78 is 0. The van der Waals surface area contributed by atoms with Crippen molar-refractivity contribution in [3.8, 4) is 0 Å². The SMILES string of the molecule is CSCCCCCCN1CCC(CO)C1. The number of likely N-dealkylation sites (tertiary alicyclic amines) is 1. The van der Waals surface area contributed by atoms with Crippen molar-refractivity contribution in [3.05, 3.63) is 0 Å². The van der Waals surface area contributed by atoms with Gasteiger partial charge in [0.25, 0.3) is 0 Å². The molecule has 1 rings (SSSR count). The number of thioether (sulfide) groups is 1. The van der Waals surface area contributed by atoms with Crippen molar-refractivity contribution in [2.75, 3.05) is 38.2 Å². The van der Waals surface area contributed by atoms with Gasteiger partial charge in [-0.2, -0.15) is 11.8 Å². The van der Waals surface area contributed by atoms with E-state index in [4.69, 9.17) is 5.11 Å². The number of aliphatic hydroxyl groups is 1. The summed E-state index contributed by atoms with van der Waals surface area (Å²) >= 11 is 1.95. The molecule has 0 aromatic heterocycles. The molecule has 15 heavy (non-hydrogen) atoms. The summed E-state index contributed by atoms with van der Waals surface area (Å²) in [6, 6.07) is 0. The van der Waals surface area contributed by atoms with Gasteiger partial charge in [0.15, 0.2) is 0 Å². The van der Waals surface area contributed by atoms with Gasteiger partial charge in [0.1, 0.15) is 0 Å². The van der Waals surface area contributed by atoms with Crippen molar-refractivity contribution >= 4 is 11.8 Å². The molecule has 0 aliphatic carbocycles. The van der Waals surface area contributed by atoms with E-state index in [0.29, 0.717) is 12.5 Å². The zero-order valence-electron chi connectivity index (χ0n) is 9.95. The van der Waals surface area contributed by atoms with Crippen LogP contribution in [-0.4, -0.2) is 48.3 Å². The van der Waals surface area contributed by atoms with Crippen LogP contribution in [0.2, 0.25) is 0 Å². The second kappa shape index (κ2) is 8.43. The van der Waals surface area contributed by atoms with Crippen molar-refractivity contribution < 1.29 is 5.11 Å². The lowest BCUT2D eigenvalue weighted by Gasteiger charge is -2.14. The average Bonchev–Trinajstić information content (AvgIpc) is 2.71. The van der Waals surface area contributed by atoms with Crippen LogP contribution in [0.4, 0.5) is 0 Å². The van der Waals surface area contributed by atoms with Gasteiger partial charge in [0.05, 0.1) is 0 Å². The fraction of sp³-hybridized carbons (Fsp3) is 1.00. The van der Waals surface area contributed by atoms with Crippen molar-refractivity contribution in [2.24, 2.45) is 5.92 Å². The molecule has 1 atom stereocenters. The fourth-order valence-electron chi connectivity index (χ4n) is 2.20. The largest absolute Gasteiger partial charge is 0.396 e. The lowest BCUT2D eigenvalue weighted by Crippen LogP contribution is -2.22. The molecule has 0 bridgehead atoms. The molecule has 0 aromatic rings. The smallest absolute Gasteiger partial charge is 0.0471 e. The van der Waals surface area contributed by atoms with E-state index in [1.54, 1.807) is 0 Å². The lowest BCUT2D eigenvalue weighted by atomic mass is 10.1. The van der Waals surface area contributed by atoms with Crippen LogP contribution in [0.5, 0.6) is 0 Å². The lowest BCUT2D eigenvalue weighted by molar-refractivity contribution is 0.221. The predicted molar refractivity (Wildman–Crippen MR) is 68.5 cm³/mol. The first-order chi connectivity index (χ1) is 7.36. The highest BCUT2D eigenvalue weighted by Crippen LogP contribution is 2.16. The van der Waals surface area contributed by atoms with E-state index in [0.717, 1.165) is 6.54 Å². The van der Waals surface area contributed by atoms with Crippen molar-refractivity contribution in [2.45, 2.75) is 32.1 Å². The molecule has 1 aliphatic heterocycles. The van der Waals surface area contributed by atoms with Crippen molar-refractivity contribution in [1.29, 1.82) is 0 Å². The maximum atomic E-state index is 9.02. The van der Waals surface area contributed by atoms with Gasteiger partial charge < -0.3 is 10.0 Å². The molecule has 1 aliphatic rings. The van der Waals surface area contributed by atoms with Crippen LogP contribution in [0, 0.1) is 5.92 Å². The van der Waals surface area contributed by atoms with Gasteiger partial charge in [0, 0.05) is 13.2 Å². The molecule has 0 aromatic carbocycles. The third-order valence-corrected chi connectivity index (χ3v) is 3.90. The molecule has 0 saturated carbocycles. The third kappa shape index (κ3) is 5.79. The summed E-state index contributed by atoms with van der Waals surface area (Å²) in [7, 11) is 0. The Morgan fingerprint density at radius 3 is 2.73 bits per heavy atom. The zero-order valence-corrected chi connectivity index (χ0v) is 10.8. The molecule has 1 heterocycles. The van der Waals surface area contributed by atoms with Gasteiger partial charge in [0.2, 0.25) is 0 Å². The first-order valence-electron chi connectivity index (χ1n) is 6.19. The normalized spacial score (nSPS) is 22.4. The molecule has 1 unspecified atom stereocenters. The number of hydrogen-bond acceptors (Lipinski definition) is 3. The average molecular weight is 231 g/mol. The number of aliphatic hydroxyl groups excluding tert-OH is 1. The van der Waals surface area contributed by atoms with E-state index in [2.05, 4.69) is 11.2 Å². The highest BCUT2D eigenvalue weighted by Gasteiger charge is 2.20. The minimum atomic E-state index is 0.379. The molecule has 0 radical (unpaired) electrons. The van der Waals surface area contributed by atoms with Crippen LogP contribution in [0.15, 0.2) is 0 Å². The van der Waals surface area contributed by atoms with Gasteiger partial charge in [-0.15, -0.1) is 0 Å². The van der Waals surface area contributed by atoms with Crippen LogP contribution in [0.25, 0.3) is 0 Å². The number of hydrogen-bond donors (Lipinski definition) is 1. The van der Waals surface area contributed by atoms with Gasteiger partial charge in [-0.3, -0.25) is 0 Å².